The minimum atomic E-state index is -0.331. The second-order valence-electron chi connectivity index (χ2n) is 9.61. The Morgan fingerprint density at radius 3 is 2.46 bits per heavy atom. The largest absolute Gasteiger partial charge is 0.494 e. The van der Waals surface area contributed by atoms with E-state index in [-0.39, 0.29) is 18.0 Å². The fraction of sp³-hybridized carbons (Fsp3) is 0.419. The summed E-state index contributed by atoms with van der Waals surface area (Å²) in [5.41, 5.74) is 3.54. The molecule has 2 heterocycles. The van der Waals surface area contributed by atoms with E-state index in [1.807, 2.05) is 49.4 Å². The van der Waals surface area contributed by atoms with Gasteiger partial charge in [0.1, 0.15) is 23.1 Å². The predicted molar refractivity (Wildman–Crippen MR) is 145 cm³/mol. The van der Waals surface area contributed by atoms with E-state index < -0.39 is 0 Å². The fourth-order valence-electron chi connectivity index (χ4n) is 4.69. The Kier molecular flexibility index (Phi) is 10.1. The Labute approximate surface area is 219 Å². The van der Waals surface area contributed by atoms with E-state index >= 15 is 0 Å². The van der Waals surface area contributed by atoms with E-state index in [1.165, 1.54) is 44.5 Å². The summed E-state index contributed by atoms with van der Waals surface area (Å²) in [6.45, 7) is 6.51. The molecule has 0 atom stereocenters. The minimum Gasteiger partial charge on any atom is -0.494 e. The van der Waals surface area contributed by atoms with E-state index in [0.717, 1.165) is 41.1 Å². The van der Waals surface area contributed by atoms with Crippen LogP contribution in [-0.4, -0.2) is 48.5 Å². The zero-order valence-electron chi connectivity index (χ0n) is 21.8. The smallest absolute Gasteiger partial charge is 0.139 e. The zero-order chi connectivity index (χ0) is 25.9. The van der Waals surface area contributed by atoms with E-state index in [0.29, 0.717) is 31.8 Å². The van der Waals surface area contributed by atoms with Crippen molar-refractivity contribution in [2.45, 2.75) is 51.9 Å². The highest BCUT2D eigenvalue weighted by Crippen LogP contribution is 2.23. The van der Waals surface area contributed by atoms with Crippen LogP contribution in [0.1, 0.15) is 50.3 Å². The Morgan fingerprint density at radius 1 is 0.946 bits per heavy atom. The molecule has 1 aliphatic rings. The van der Waals surface area contributed by atoms with E-state index in [9.17, 15) is 9.18 Å². The van der Waals surface area contributed by atoms with Crippen LogP contribution in [0.2, 0.25) is 0 Å². The number of likely N-dealkylation sites (tertiary alicyclic amines) is 1. The van der Waals surface area contributed by atoms with E-state index in [2.05, 4.69) is 9.88 Å². The van der Waals surface area contributed by atoms with Crippen molar-refractivity contribution >= 4 is 5.78 Å². The highest BCUT2D eigenvalue weighted by atomic mass is 19.1. The summed E-state index contributed by atoms with van der Waals surface area (Å²) in [7, 11) is 0. The van der Waals surface area contributed by atoms with Crippen LogP contribution in [0.15, 0.2) is 60.8 Å². The first-order valence-corrected chi connectivity index (χ1v) is 13.4. The van der Waals surface area contributed by atoms with Gasteiger partial charge >= 0.3 is 0 Å². The Morgan fingerprint density at radius 2 is 1.73 bits per heavy atom. The molecule has 1 saturated heterocycles. The van der Waals surface area contributed by atoms with Crippen LogP contribution >= 0.6 is 0 Å². The average Bonchev–Trinajstić information content (AvgIpc) is 2.91. The maximum Gasteiger partial charge on any atom is 0.139 e. The first-order chi connectivity index (χ1) is 18.1. The quantitative estimate of drug-likeness (QED) is 0.256. The zero-order valence-corrected chi connectivity index (χ0v) is 21.8. The van der Waals surface area contributed by atoms with Crippen molar-refractivity contribution in [2.75, 3.05) is 32.8 Å². The fourth-order valence-corrected chi connectivity index (χ4v) is 4.69. The maximum absolute atomic E-state index is 14.1. The molecule has 5 nitrogen and oxygen atoms in total. The second kappa shape index (κ2) is 13.9. The average molecular weight is 505 g/mol. The number of Topliss-reactive ketones (excluding diaryl/α,β-unsaturated/α-hetero) is 1. The molecular weight excluding hydrogens is 467 g/mol. The van der Waals surface area contributed by atoms with Gasteiger partial charge in [-0.1, -0.05) is 24.6 Å². The van der Waals surface area contributed by atoms with Gasteiger partial charge in [-0.25, -0.2) is 4.39 Å². The number of hydrogen-bond acceptors (Lipinski definition) is 5. The van der Waals surface area contributed by atoms with Gasteiger partial charge in [-0.05, 0) is 87.2 Å². The van der Waals surface area contributed by atoms with Crippen molar-refractivity contribution in [3.05, 3.63) is 77.9 Å². The summed E-state index contributed by atoms with van der Waals surface area (Å²) < 4.78 is 25.5. The number of nitrogens with zero attached hydrogens (tertiary/aromatic N) is 2. The molecule has 0 radical (unpaired) electrons. The van der Waals surface area contributed by atoms with Crippen molar-refractivity contribution in [2.24, 2.45) is 0 Å². The Bertz CT molecular complexity index is 1130. The maximum atomic E-state index is 14.1. The topological polar surface area (TPSA) is 51.7 Å². The number of carbonyl (C=O) groups is 1. The van der Waals surface area contributed by atoms with Crippen LogP contribution in [0.5, 0.6) is 11.5 Å². The van der Waals surface area contributed by atoms with Crippen molar-refractivity contribution < 1.29 is 18.7 Å². The van der Waals surface area contributed by atoms with Crippen LogP contribution < -0.4 is 9.47 Å². The number of halogens is 1. The molecule has 4 rings (SSSR count). The van der Waals surface area contributed by atoms with Crippen molar-refractivity contribution in [3.63, 3.8) is 0 Å². The number of rotatable bonds is 13. The lowest BCUT2D eigenvalue weighted by molar-refractivity contribution is -0.118. The molecule has 0 N–H and O–H groups in total. The third-order valence-electron chi connectivity index (χ3n) is 6.66. The molecule has 0 saturated carbocycles. The molecule has 6 heteroatoms. The number of hydrogen-bond donors (Lipinski definition) is 0. The molecule has 0 aliphatic carbocycles. The molecule has 196 valence electrons. The van der Waals surface area contributed by atoms with Gasteiger partial charge in [-0.2, -0.15) is 0 Å². The highest BCUT2D eigenvalue weighted by Gasteiger charge is 2.11. The normalized spacial score (nSPS) is 13.9. The predicted octanol–water partition coefficient (Wildman–Crippen LogP) is 6.29. The lowest BCUT2D eigenvalue weighted by Gasteiger charge is -2.26. The van der Waals surface area contributed by atoms with Crippen LogP contribution in [-0.2, 0) is 17.6 Å². The molecule has 3 aromatic rings. The standard InChI is InChI=1S/C31H37FN2O3/c1-2-36-30-13-9-25(10-14-30)26-8-11-28(33-23-26)22-29(35)12-7-24-19-27(32)21-31(20-24)37-18-6-17-34-15-4-3-5-16-34/h8-11,13-14,19-21,23H,2-7,12,15-18,22H2,1H3. The summed E-state index contributed by atoms with van der Waals surface area (Å²) in [5.74, 6) is 1.12. The monoisotopic (exact) mass is 504 g/mol. The summed E-state index contributed by atoms with van der Waals surface area (Å²) in [4.78, 5) is 19.5. The third-order valence-corrected chi connectivity index (χ3v) is 6.66. The van der Waals surface area contributed by atoms with Gasteiger partial charge in [-0.3, -0.25) is 9.78 Å². The van der Waals surface area contributed by atoms with Gasteiger partial charge in [0.05, 0.1) is 13.2 Å². The lowest BCUT2D eigenvalue weighted by atomic mass is 10.0. The van der Waals surface area contributed by atoms with Gasteiger partial charge in [-0.15, -0.1) is 0 Å². The van der Waals surface area contributed by atoms with Crippen molar-refractivity contribution in [1.29, 1.82) is 0 Å². The molecule has 0 amide bonds. The van der Waals surface area contributed by atoms with E-state index in [4.69, 9.17) is 9.47 Å². The second-order valence-corrected chi connectivity index (χ2v) is 9.61. The van der Waals surface area contributed by atoms with Gasteiger partial charge in [0, 0.05) is 42.9 Å². The van der Waals surface area contributed by atoms with Gasteiger partial charge in [0.2, 0.25) is 0 Å². The number of ether oxygens (including phenoxy) is 2. The van der Waals surface area contributed by atoms with Crippen molar-refractivity contribution in [3.8, 4) is 22.6 Å². The van der Waals surface area contributed by atoms with Crippen LogP contribution in [0.25, 0.3) is 11.1 Å². The number of piperidine rings is 1. The number of benzene rings is 2. The summed E-state index contributed by atoms with van der Waals surface area (Å²) in [6, 6.07) is 16.5. The number of aromatic nitrogens is 1. The first kappa shape index (κ1) is 26.8. The first-order valence-electron chi connectivity index (χ1n) is 13.4. The van der Waals surface area contributed by atoms with Crippen LogP contribution in [0.3, 0.4) is 0 Å². The lowest BCUT2D eigenvalue weighted by Crippen LogP contribution is -2.31. The molecular formula is C31H37FN2O3. The summed E-state index contributed by atoms with van der Waals surface area (Å²) in [6.07, 6.45) is 7.67. The van der Waals surface area contributed by atoms with Gasteiger partial charge < -0.3 is 14.4 Å². The molecule has 0 unspecified atom stereocenters. The number of pyridine rings is 1. The molecule has 0 spiro atoms. The molecule has 1 aliphatic heterocycles. The molecule has 37 heavy (non-hydrogen) atoms. The number of aryl methyl sites for hydroxylation is 1. The van der Waals surface area contributed by atoms with E-state index in [1.54, 1.807) is 6.20 Å². The van der Waals surface area contributed by atoms with Gasteiger partial charge in [0.25, 0.3) is 0 Å². The minimum absolute atomic E-state index is 0.0783. The van der Waals surface area contributed by atoms with Gasteiger partial charge in [0.15, 0.2) is 0 Å². The highest BCUT2D eigenvalue weighted by molar-refractivity contribution is 5.80. The summed E-state index contributed by atoms with van der Waals surface area (Å²) >= 11 is 0. The molecule has 1 aromatic heterocycles. The Hall–Kier alpha value is -3.25. The van der Waals surface area contributed by atoms with Crippen LogP contribution in [0, 0.1) is 5.82 Å². The molecule has 1 fully saturated rings. The Balaban J connectivity index is 1.22. The molecule has 0 bridgehead atoms. The summed E-state index contributed by atoms with van der Waals surface area (Å²) in [5, 5.41) is 0. The number of ketones is 1. The third kappa shape index (κ3) is 8.67. The molecule has 2 aromatic carbocycles. The van der Waals surface area contributed by atoms with Crippen LogP contribution in [0.4, 0.5) is 4.39 Å². The number of carbonyl (C=O) groups excluding carboxylic acids is 1. The SMILES string of the molecule is CCOc1ccc(-c2ccc(CC(=O)CCc3cc(F)cc(OCCCN4CCCCC4)c3)nc2)cc1. The van der Waals surface area contributed by atoms with Crippen molar-refractivity contribution in [1.82, 2.24) is 9.88 Å².